The lowest BCUT2D eigenvalue weighted by molar-refractivity contribution is 0.331. The van der Waals surface area contributed by atoms with Crippen molar-refractivity contribution in [1.29, 1.82) is 0 Å². The van der Waals surface area contributed by atoms with Gasteiger partial charge in [-0.05, 0) is 48.4 Å². The van der Waals surface area contributed by atoms with Gasteiger partial charge in [0, 0.05) is 23.6 Å². The molecule has 0 atom stereocenters. The fraction of sp³-hybridized carbons (Fsp3) is 0.192. The van der Waals surface area contributed by atoms with Crippen molar-refractivity contribution in [1.82, 2.24) is 19.9 Å². The molecule has 0 saturated carbocycles. The second-order valence-electron chi connectivity index (χ2n) is 8.39. The van der Waals surface area contributed by atoms with Crippen LogP contribution in [-0.2, 0) is 6.54 Å². The van der Waals surface area contributed by atoms with Gasteiger partial charge in [0.15, 0.2) is 11.5 Å². The maximum atomic E-state index is 10.2. The van der Waals surface area contributed by atoms with Crippen LogP contribution in [0.15, 0.2) is 54.9 Å². The molecule has 0 amide bonds. The van der Waals surface area contributed by atoms with Gasteiger partial charge in [-0.2, -0.15) is 0 Å². The van der Waals surface area contributed by atoms with Gasteiger partial charge in [0.25, 0.3) is 0 Å². The molecular formula is C26H23N5O3. The first kappa shape index (κ1) is 20.3. The first-order chi connectivity index (χ1) is 16.6. The molecular weight excluding hydrogens is 430 g/mol. The van der Waals surface area contributed by atoms with E-state index in [9.17, 15) is 5.11 Å². The number of anilines is 1. The van der Waals surface area contributed by atoms with Crippen molar-refractivity contribution in [3.63, 3.8) is 0 Å². The van der Waals surface area contributed by atoms with Gasteiger partial charge in [0.05, 0.1) is 30.2 Å². The first-order valence-electron chi connectivity index (χ1n) is 11.1. The lowest BCUT2D eigenvalue weighted by Gasteiger charge is -2.22. The monoisotopic (exact) mass is 453 g/mol. The summed E-state index contributed by atoms with van der Waals surface area (Å²) in [4.78, 5) is 18.9. The minimum Gasteiger partial charge on any atom is -0.504 e. The molecule has 0 fully saturated rings. The summed E-state index contributed by atoms with van der Waals surface area (Å²) in [5.74, 6) is 3.00. The van der Waals surface area contributed by atoms with E-state index in [0.717, 1.165) is 50.5 Å². The van der Waals surface area contributed by atoms with Crippen molar-refractivity contribution in [2.75, 3.05) is 25.2 Å². The Labute approximate surface area is 195 Å². The lowest BCUT2D eigenvalue weighted by Crippen LogP contribution is -2.26. The number of phenols is 1. The summed E-state index contributed by atoms with van der Waals surface area (Å²) >= 11 is 0. The van der Waals surface area contributed by atoms with E-state index in [4.69, 9.17) is 9.47 Å². The summed E-state index contributed by atoms with van der Waals surface area (Å²) in [6.45, 7) is 3.79. The number of aryl methyl sites for hydroxylation is 1. The smallest absolute Gasteiger partial charge is 0.161 e. The number of aromatic hydroxyl groups is 1. The second kappa shape index (κ2) is 7.91. The molecule has 8 nitrogen and oxygen atoms in total. The van der Waals surface area contributed by atoms with Gasteiger partial charge in [0.1, 0.15) is 30.3 Å². The molecule has 1 aliphatic rings. The van der Waals surface area contributed by atoms with Crippen LogP contribution in [0.3, 0.4) is 0 Å². The highest BCUT2D eigenvalue weighted by Gasteiger charge is 2.21. The van der Waals surface area contributed by atoms with E-state index in [1.807, 2.05) is 19.1 Å². The summed E-state index contributed by atoms with van der Waals surface area (Å²) in [7, 11) is 1.53. The van der Waals surface area contributed by atoms with Crippen molar-refractivity contribution in [2.45, 2.75) is 13.5 Å². The summed E-state index contributed by atoms with van der Waals surface area (Å²) < 4.78 is 11.4. The number of aromatic nitrogens is 4. The predicted octanol–water partition coefficient (Wildman–Crippen LogP) is 4.59. The van der Waals surface area contributed by atoms with E-state index < -0.39 is 0 Å². The number of hydrogen-bond acceptors (Lipinski definition) is 7. The van der Waals surface area contributed by atoms with E-state index in [0.29, 0.717) is 31.0 Å². The maximum absolute atomic E-state index is 10.2. The molecule has 8 heteroatoms. The standard InChI is InChI=1S/C26H23N5O3/c1-15-29-20-5-3-17(10-22(20)30-15)16-4-6-24-18(9-16)13-31(7-8-34-24)26-19-11-25(33-2)23(32)12-21(19)27-14-28-26/h3-6,9-12,14,32H,7-8,13H2,1-2H3,(H,29,30). The fourth-order valence-corrected chi connectivity index (χ4v) is 4.55. The molecule has 5 aromatic rings. The van der Waals surface area contributed by atoms with E-state index in [1.165, 1.54) is 13.4 Å². The highest BCUT2D eigenvalue weighted by molar-refractivity contribution is 5.92. The molecule has 0 spiro atoms. The van der Waals surface area contributed by atoms with E-state index in [-0.39, 0.29) is 5.75 Å². The first-order valence-corrected chi connectivity index (χ1v) is 11.1. The minimum absolute atomic E-state index is 0.0540. The quantitative estimate of drug-likeness (QED) is 0.412. The Morgan fingerprint density at radius 1 is 1.03 bits per heavy atom. The van der Waals surface area contributed by atoms with E-state index >= 15 is 0 Å². The Morgan fingerprint density at radius 3 is 2.76 bits per heavy atom. The number of nitrogens with one attached hydrogen (secondary N) is 1. The lowest BCUT2D eigenvalue weighted by atomic mass is 10.0. The number of methoxy groups -OCH3 is 1. The van der Waals surface area contributed by atoms with Gasteiger partial charge in [-0.25, -0.2) is 15.0 Å². The zero-order valence-corrected chi connectivity index (χ0v) is 18.9. The zero-order chi connectivity index (χ0) is 23.2. The largest absolute Gasteiger partial charge is 0.504 e. The van der Waals surface area contributed by atoms with Crippen LogP contribution >= 0.6 is 0 Å². The van der Waals surface area contributed by atoms with E-state index in [1.54, 1.807) is 12.1 Å². The zero-order valence-electron chi connectivity index (χ0n) is 18.9. The summed E-state index contributed by atoms with van der Waals surface area (Å²) in [6, 6.07) is 16.0. The van der Waals surface area contributed by atoms with Gasteiger partial charge < -0.3 is 24.5 Å². The minimum atomic E-state index is 0.0540. The van der Waals surface area contributed by atoms with Gasteiger partial charge >= 0.3 is 0 Å². The molecule has 0 saturated heterocycles. The molecule has 34 heavy (non-hydrogen) atoms. The number of imidazole rings is 1. The number of fused-ring (bicyclic) bond motifs is 3. The number of aromatic amines is 1. The molecule has 0 bridgehead atoms. The molecule has 0 aliphatic carbocycles. The summed E-state index contributed by atoms with van der Waals surface area (Å²) in [5, 5.41) is 11.0. The van der Waals surface area contributed by atoms with Crippen LogP contribution in [0.4, 0.5) is 5.82 Å². The van der Waals surface area contributed by atoms with Crippen LogP contribution in [0.2, 0.25) is 0 Å². The highest BCUT2D eigenvalue weighted by atomic mass is 16.5. The van der Waals surface area contributed by atoms with Crippen LogP contribution in [0.25, 0.3) is 33.1 Å². The number of phenolic OH excluding ortho intramolecular Hbond substituents is 1. The van der Waals surface area contributed by atoms with Crippen LogP contribution in [0, 0.1) is 6.92 Å². The van der Waals surface area contributed by atoms with Gasteiger partial charge in [-0.1, -0.05) is 12.1 Å². The third-order valence-electron chi connectivity index (χ3n) is 6.19. The maximum Gasteiger partial charge on any atom is 0.161 e. The molecule has 6 rings (SSSR count). The normalized spacial score (nSPS) is 13.5. The number of ether oxygens (including phenoxy) is 2. The SMILES string of the molecule is COc1cc2c(N3CCOc4ccc(-c5ccc6nc(C)[nH]c6c5)cc4C3)ncnc2cc1O. The van der Waals surface area contributed by atoms with Crippen LogP contribution in [0.5, 0.6) is 17.2 Å². The van der Waals surface area contributed by atoms with Crippen molar-refractivity contribution in [3.05, 3.63) is 66.2 Å². The number of H-pyrrole nitrogens is 1. The Morgan fingerprint density at radius 2 is 1.88 bits per heavy atom. The van der Waals surface area contributed by atoms with Gasteiger partial charge in [-0.3, -0.25) is 0 Å². The Bertz CT molecular complexity index is 1550. The van der Waals surface area contributed by atoms with Crippen molar-refractivity contribution < 1.29 is 14.6 Å². The number of rotatable bonds is 3. The summed E-state index contributed by atoms with van der Waals surface area (Å²) in [5.41, 5.74) is 5.94. The topological polar surface area (TPSA) is 96.4 Å². The Kier molecular flexibility index (Phi) is 4.72. The van der Waals surface area contributed by atoms with Gasteiger partial charge in [0.2, 0.25) is 0 Å². The highest BCUT2D eigenvalue weighted by Crippen LogP contribution is 2.36. The number of benzene rings is 3. The van der Waals surface area contributed by atoms with Crippen molar-refractivity contribution in [3.8, 4) is 28.4 Å². The molecule has 0 unspecified atom stereocenters. The average molecular weight is 454 g/mol. The molecule has 2 N–H and O–H groups in total. The second-order valence-corrected chi connectivity index (χ2v) is 8.39. The Hall–Kier alpha value is -4.33. The predicted molar refractivity (Wildman–Crippen MR) is 131 cm³/mol. The molecule has 0 radical (unpaired) electrons. The van der Waals surface area contributed by atoms with Crippen LogP contribution in [0.1, 0.15) is 11.4 Å². The number of nitrogens with zero attached hydrogens (tertiary/aromatic N) is 4. The van der Waals surface area contributed by atoms with Gasteiger partial charge in [-0.15, -0.1) is 0 Å². The van der Waals surface area contributed by atoms with Crippen LogP contribution in [-0.4, -0.2) is 45.3 Å². The molecule has 1 aliphatic heterocycles. The van der Waals surface area contributed by atoms with Crippen molar-refractivity contribution >= 4 is 27.8 Å². The molecule has 3 aromatic carbocycles. The molecule has 3 heterocycles. The molecule has 2 aromatic heterocycles. The third-order valence-corrected chi connectivity index (χ3v) is 6.19. The molecule has 170 valence electrons. The summed E-state index contributed by atoms with van der Waals surface area (Å²) in [6.07, 6.45) is 1.52. The van der Waals surface area contributed by atoms with Crippen molar-refractivity contribution in [2.24, 2.45) is 0 Å². The van der Waals surface area contributed by atoms with E-state index in [2.05, 4.69) is 49.1 Å². The Balaban J connectivity index is 1.40. The fourth-order valence-electron chi connectivity index (χ4n) is 4.55. The average Bonchev–Trinajstić information content (AvgIpc) is 3.08. The number of hydrogen-bond donors (Lipinski definition) is 2. The third kappa shape index (κ3) is 3.44. The van der Waals surface area contributed by atoms with Crippen LogP contribution < -0.4 is 14.4 Å².